The molecule has 0 unspecified atom stereocenters. The number of halogens is 2. The molecule has 0 spiro atoms. The van der Waals surface area contributed by atoms with E-state index in [9.17, 15) is 14.4 Å². The number of nitrogens with zero attached hydrogens (tertiary/aromatic N) is 5. The smallest absolute Gasteiger partial charge is 0.280 e. The molecule has 39 heavy (non-hydrogen) atoms. The Balaban J connectivity index is 0.00000353. The molecule has 3 amide bonds. The van der Waals surface area contributed by atoms with Crippen molar-refractivity contribution in [2.45, 2.75) is 31.5 Å². The van der Waals surface area contributed by atoms with E-state index >= 15 is 0 Å². The van der Waals surface area contributed by atoms with Gasteiger partial charge in [0.1, 0.15) is 6.61 Å². The normalized spacial score (nSPS) is 19.2. The predicted molar refractivity (Wildman–Crippen MR) is 150 cm³/mol. The summed E-state index contributed by atoms with van der Waals surface area (Å²) in [6.45, 7) is 2.26. The van der Waals surface area contributed by atoms with Gasteiger partial charge in [0.25, 0.3) is 11.8 Å². The van der Waals surface area contributed by atoms with Crippen molar-refractivity contribution in [1.82, 2.24) is 35.6 Å². The second-order valence-electron chi connectivity index (χ2n) is 9.53. The number of likely N-dealkylation sites (N-methyl/N-ethyl adjacent to an activating group) is 1. The zero-order valence-electron chi connectivity index (χ0n) is 21.5. The summed E-state index contributed by atoms with van der Waals surface area (Å²) in [7, 11) is 3.50. The van der Waals surface area contributed by atoms with Crippen molar-refractivity contribution in [2.24, 2.45) is 0 Å². The lowest BCUT2D eigenvalue weighted by Gasteiger charge is -2.39. The summed E-state index contributed by atoms with van der Waals surface area (Å²) in [5.74, 6) is -0.911. The number of fused-ring (bicyclic) bond motifs is 2. The summed E-state index contributed by atoms with van der Waals surface area (Å²) < 4.78 is 5.01. The van der Waals surface area contributed by atoms with Crippen molar-refractivity contribution < 1.29 is 19.1 Å². The molecule has 14 heteroatoms. The van der Waals surface area contributed by atoms with Crippen molar-refractivity contribution in [3.05, 3.63) is 50.6 Å². The van der Waals surface area contributed by atoms with Gasteiger partial charge < -0.3 is 25.2 Å². The Hall–Kier alpha value is -2.90. The molecule has 2 aliphatic heterocycles. The summed E-state index contributed by atoms with van der Waals surface area (Å²) in [5.41, 5.74) is 1.70. The van der Waals surface area contributed by atoms with Gasteiger partial charge in [-0.3, -0.25) is 14.4 Å². The van der Waals surface area contributed by atoms with Crippen LogP contribution in [0.2, 0.25) is 5.02 Å². The number of nitrogens with one attached hydrogen (secondary N) is 2. The number of ether oxygens (including phenoxy) is 1. The van der Waals surface area contributed by atoms with Crippen LogP contribution in [0.3, 0.4) is 0 Å². The van der Waals surface area contributed by atoms with Crippen molar-refractivity contribution in [3.63, 3.8) is 0 Å². The van der Waals surface area contributed by atoms with Gasteiger partial charge >= 0.3 is 0 Å². The number of hydrogen-bond donors (Lipinski definition) is 2. The van der Waals surface area contributed by atoms with E-state index in [1.165, 1.54) is 18.4 Å². The maximum absolute atomic E-state index is 13.2. The van der Waals surface area contributed by atoms with Gasteiger partial charge in [0.15, 0.2) is 10.7 Å². The van der Waals surface area contributed by atoms with Crippen molar-refractivity contribution in [3.8, 4) is 0 Å². The first-order valence-electron chi connectivity index (χ1n) is 12.3. The highest BCUT2D eigenvalue weighted by Crippen LogP contribution is 2.25. The Kier molecular flexibility index (Phi) is 9.34. The van der Waals surface area contributed by atoms with E-state index in [0.717, 1.165) is 35.5 Å². The van der Waals surface area contributed by atoms with Gasteiger partial charge in [-0.05, 0) is 31.7 Å². The lowest BCUT2D eigenvalue weighted by atomic mass is 9.98. The number of methoxy groups -OCH3 is 1. The SMILES string of the molecule is COCC(=O)N1CC[C@H](NC(=O)c2cc3ccc(Cl)cc3nn2)[C@H](NC(=O)c2nc3c(s2)CN(C)CC3)C1.Cl. The van der Waals surface area contributed by atoms with Crippen LogP contribution in [0.1, 0.15) is 37.3 Å². The fraction of sp³-hybridized carbons (Fsp3) is 0.440. The highest BCUT2D eigenvalue weighted by Gasteiger charge is 2.35. The molecule has 0 saturated carbocycles. The van der Waals surface area contributed by atoms with Gasteiger partial charge in [-0.15, -0.1) is 33.9 Å². The molecule has 2 aliphatic rings. The first-order valence-corrected chi connectivity index (χ1v) is 13.5. The number of rotatable bonds is 6. The van der Waals surface area contributed by atoms with Crippen LogP contribution in [-0.2, 0) is 22.5 Å². The van der Waals surface area contributed by atoms with E-state index in [2.05, 4.69) is 30.7 Å². The van der Waals surface area contributed by atoms with Crippen molar-refractivity contribution in [2.75, 3.05) is 40.4 Å². The number of carbonyl (C=O) groups excluding carboxylic acids is 3. The second kappa shape index (κ2) is 12.5. The number of thiazole rings is 1. The number of likely N-dealkylation sites (tertiary alicyclic amines) is 1. The molecule has 1 aromatic carbocycles. The first-order chi connectivity index (χ1) is 18.3. The lowest BCUT2D eigenvalue weighted by Crippen LogP contribution is -2.61. The average Bonchev–Trinajstić information content (AvgIpc) is 3.33. The van der Waals surface area contributed by atoms with Gasteiger partial charge in [-0.1, -0.05) is 17.7 Å². The van der Waals surface area contributed by atoms with Crippen LogP contribution >= 0.6 is 35.3 Å². The van der Waals surface area contributed by atoms with E-state index in [0.29, 0.717) is 28.5 Å². The first kappa shape index (κ1) is 29.1. The van der Waals surface area contributed by atoms with Crippen LogP contribution in [-0.4, -0.2) is 95.2 Å². The largest absolute Gasteiger partial charge is 0.375 e. The van der Waals surface area contributed by atoms with Crippen LogP contribution < -0.4 is 10.6 Å². The fourth-order valence-corrected chi connectivity index (χ4v) is 5.98. The maximum atomic E-state index is 13.2. The Morgan fingerprint density at radius 3 is 2.72 bits per heavy atom. The summed E-state index contributed by atoms with van der Waals surface area (Å²) in [6.07, 6.45) is 1.25. The zero-order chi connectivity index (χ0) is 26.8. The third kappa shape index (κ3) is 6.64. The number of aromatic nitrogens is 3. The molecule has 208 valence electrons. The van der Waals surface area contributed by atoms with Crippen LogP contribution in [0.4, 0.5) is 0 Å². The van der Waals surface area contributed by atoms with Crippen LogP contribution in [0.5, 0.6) is 0 Å². The third-order valence-electron chi connectivity index (χ3n) is 6.77. The van der Waals surface area contributed by atoms with Crippen molar-refractivity contribution in [1.29, 1.82) is 0 Å². The third-order valence-corrected chi connectivity index (χ3v) is 8.08. The summed E-state index contributed by atoms with van der Waals surface area (Å²) in [5, 5.41) is 15.8. The molecule has 2 atom stereocenters. The van der Waals surface area contributed by atoms with Gasteiger partial charge in [-0.2, -0.15) is 0 Å². The molecule has 11 nitrogen and oxygen atoms in total. The summed E-state index contributed by atoms with van der Waals surface area (Å²) in [4.78, 5) is 48.4. The van der Waals surface area contributed by atoms with Crippen LogP contribution in [0, 0.1) is 0 Å². The minimum Gasteiger partial charge on any atom is -0.375 e. The van der Waals surface area contributed by atoms with Gasteiger partial charge in [0, 0.05) is 55.0 Å². The molecule has 0 radical (unpaired) electrons. The number of hydrogen-bond acceptors (Lipinski definition) is 9. The molecular weight excluding hydrogens is 565 g/mol. The van der Waals surface area contributed by atoms with E-state index in [-0.39, 0.29) is 43.1 Å². The predicted octanol–water partition coefficient (Wildman–Crippen LogP) is 1.93. The summed E-state index contributed by atoms with van der Waals surface area (Å²) >= 11 is 7.40. The van der Waals surface area contributed by atoms with Gasteiger partial charge in [-0.25, -0.2) is 4.98 Å². The Morgan fingerprint density at radius 2 is 1.92 bits per heavy atom. The van der Waals surface area contributed by atoms with E-state index in [1.807, 2.05) is 7.05 Å². The monoisotopic (exact) mass is 593 g/mol. The second-order valence-corrected chi connectivity index (χ2v) is 11.1. The minimum atomic E-state index is -0.531. The molecule has 2 N–H and O–H groups in total. The zero-order valence-corrected chi connectivity index (χ0v) is 23.9. The summed E-state index contributed by atoms with van der Waals surface area (Å²) in [6, 6.07) is 5.87. The van der Waals surface area contributed by atoms with E-state index in [4.69, 9.17) is 16.3 Å². The molecule has 0 bridgehead atoms. The van der Waals surface area contributed by atoms with E-state index < -0.39 is 18.0 Å². The Labute approximate surface area is 240 Å². The highest BCUT2D eigenvalue weighted by molar-refractivity contribution is 7.13. The number of piperidine rings is 1. The standard InChI is InChI=1S/C25H28ClN7O4S.ClH/c1-32-7-5-17-21(12-32)38-25(29-17)24(36)28-20-11-33(22(34)13-37-2)8-6-16(20)27-23(35)19-9-14-3-4-15(26)10-18(14)30-31-19;/h3-4,9-10,16,20H,5-8,11-13H2,1-2H3,(H,27,35)(H,28,36);1H/t16-,20+;/m0./s1. The van der Waals surface area contributed by atoms with Crippen LogP contribution in [0.15, 0.2) is 24.3 Å². The molecule has 1 fully saturated rings. The molecule has 1 saturated heterocycles. The number of carbonyl (C=O) groups is 3. The molecule has 2 aromatic heterocycles. The Morgan fingerprint density at radius 1 is 1.13 bits per heavy atom. The molecule has 5 rings (SSSR count). The van der Waals surface area contributed by atoms with Crippen LogP contribution in [0.25, 0.3) is 10.9 Å². The Bertz CT molecular complexity index is 1390. The van der Waals surface area contributed by atoms with E-state index in [1.54, 1.807) is 29.2 Å². The lowest BCUT2D eigenvalue weighted by molar-refractivity contribution is -0.136. The highest BCUT2D eigenvalue weighted by atomic mass is 35.5. The molecule has 3 aromatic rings. The topological polar surface area (TPSA) is 130 Å². The quantitative estimate of drug-likeness (QED) is 0.443. The van der Waals surface area contributed by atoms with Gasteiger partial charge in [0.2, 0.25) is 5.91 Å². The van der Waals surface area contributed by atoms with Gasteiger partial charge in [0.05, 0.1) is 23.3 Å². The minimum absolute atomic E-state index is 0. The number of benzene rings is 1. The number of amides is 3. The average molecular weight is 595 g/mol. The van der Waals surface area contributed by atoms with Crippen molar-refractivity contribution >= 4 is 64.0 Å². The maximum Gasteiger partial charge on any atom is 0.280 e. The molecule has 0 aliphatic carbocycles. The molecule has 4 heterocycles. The fourth-order valence-electron chi connectivity index (χ4n) is 4.73. The molecular formula is C25H29Cl2N7O4S.